The number of halogens is 2. The van der Waals surface area contributed by atoms with Crippen LogP contribution in [0.5, 0.6) is 0 Å². The Bertz CT molecular complexity index is 382. The molecule has 1 aromatic heterocycles. The molecule has 0 bridgehead atoms. The van der Waals surface area contributed by atoms with E-state index in [1.54, 1.807) is 0 Å². The Morgan fingerprint density at radius 2 is 2.07 bits per heavy atom. The molecule has 0 spiro atoms. The smallest absolute Gasteiger partial charge is 0.297 e. The molecule has 0 unspecified atom stereocenters. The molecule has 14 heavy (non-hydrogen) atoms. The summed E-state index contributed by atoms with van der Waals surface area (Å²) >= 11 is 0. The lowest BCUT2D eigenvalue weighted by Crippen LogP contribution is -2.05. The van der Waals surface area contributed by atoms with Gasteiger partial charge in [0, 0.05) is 0 Å². The lowest BCUT2D eigenvalue weighted by Gasteiger charge is -2.04. The Labute approximate surface area is 76.7 Å². The van der Waals surface area contributed by atoms with Gasteiger partial charge in [0.25, 0.3) is 12.1 Å². The van der Waals surface area contributed by atoms with E-state index in [0.717, 1.165) is 6.07 Å². The van der Waals surface area contributed by atoms with E-state index in [-0.39, 0.29) is 5.82 Å². The summed E-state index contributed by atoms with van der Waals surface area (Å²) in [4.78, 5) is 12.7. The lowest BCUT2D eigenvalue weighted by atomic mass is 10.2. The van der Waals surface area contributed by atoms with E-state index in [1.807, 2.05) is 0 Å². The fourth-order valence-corrected chi connectivity index (χ4v) is 0.898. The number of nitrogens with zero attached hydrogens (tertiary/aromatic N) is 2. The average Bonchev–Trinajstić information content (AvgIpc) is 2.07. The highest BCUT2D eigenvalue weighted by Crippen LogP contribution is 2.31. The van der Waals surface area contributed by atoms with Crippen LogP contribution < -0.4 is 11.5 Å². The molecular formula is C6H6F2N4O2. The van der Waals surface area contributed by atoms with E-state index in [9.17, 15) is 18.9 Å². The predicted octanol–water partition coefficient (Wildman–Crippen LogP) is 1.09. The normalized spacial score (nSPS) is 10.5. The van der Waals surface area contributed by atoms with Crippen molar-refractivity contribution in [3.8, 4) is 0 Å². The Morgan fingerprint density at radius 1 is 1.50 bits per heavy atom. The Morgan fingerprint density at radius 3 is 2.50 bits per heavy atom. The molecule has 76 valence electrons. The first-order valence-corrected chi connectivity index (χ1v) is 3.42. The molecule has 0 saturated heterocycles. The maximum atomic E-state index is 12.2. The van der Waals surface area contributed by atoms with E-state index in [2.05, 4.69) is 4.98 Å². The molecular weight excluding hydrogens is 198 g/mol. The van der Waals surface area contributed by atoms with Crippen molar-refractivity contribution in [1.29, 1.82) is 0 Å². The van der Waals surface area contributed by atoms with Crippen molar-refractivity contribution >= 4 is 17.2 Å². The van der Waals surface area contributed by atoms with Crippen LogP contribution in [0.4, 0.5) is 26.0 Å². The number of aromatic nitrogens is 1. The first-order chi connectivity index (χ1) is 6.43. The lowest BCUT2D eigenvalue weighted by molar-refractivity contribution is -0.384. The molecule has 1 heterocycles. The van der Waals surface area contributed by atoms with Crippen LogP contribution in [0.15, 0.2) is 6.07 Å². The van der Waals surface area contributed by atoms with Crippen molar-refractivity contribution in [2.24, 2.45) is 0 Å². The molecule has 1 rings (SSSR count). The zero-order chi connectivity index (χ0) is 10.9. The maximum Gasteiger partial charge on any atom is 0.297 e. The van der Waals surface area contributed by atoms with Crippen molar-refractivity contribution in [3.63, 3.8) is 0 Å². The fraction of sp³-hybridized carbons (Fsp3) is 0.167. The molecule has 0 aromatic carbocycles. The van der Waals surface area contributed by atoms with E-state index in [4.69, 9.17) is 11.5 Å². The van der Waals surface area contributed by atoms with Gasteiger partial charge in [-0.2, -0.15) is 0 Å². The summed E-state index contributed by atoms with van der Waals surface area (Å²) in [6.07, 6.45) is -2.99. The van der Waals surface area contributed by atoms with Crippen molar-refractivity contribution in [1.82, 2.24) is 4.98 Å². The number of hydrogen-bond donors (Lipinski definition) is 2. The van der Waals surface area contributed by atoms with Gasteiger partial charge >= 0.3 is 0 Å². The molecule has 0 saturated carbocycles. The molecule has 0 radical (unpaired) electrons. The number of rotatable bonds is 2. The van der Waals surface area contributed by atoms with Gasteiger partial charge in [0.2, 0.25) is 0 Å². The molecule has 0 amide bonds. The minimum Gasteiger partial charge on any atom is -0.391 e. The molecule has 4 N–H and O–H groups in total. The van der Waals surface area contributed by atoms with Crippen LogP contribution in [-0.2, 0) is 0 Å². The van der Waals surface area contributed by atoms with Gasteiger partial charge in [-0.15, -0.1) is 0 Å². The van der Waals surface area contributed by atoms with Crippen molar-refractivity contribution in [2.75, 3.05) is 11.5 Å². The SMILES string of the molecule is Nc1cc([N+](=O)[O-])c(N)c(C(F)F)n1. The summed E-state index contributed by atoms with van der Waals surface area (Å²) in [7, 11) is 0. The van der Waals surface area contributed by atoms with E-state index in [1.165, 1.54) is 0 Å². The van der Waals surface area contributed by atoms with Gasteiger partial charge in [-0.3, -0.25) is 10.1 Å². The van der Waals surface area contributed by atoms with Crippen LogP contribution in [0.3, 0.4) is 0 Å². The van der Waals surface area contributed by atoms with Crippen LogP contribution in [0.25, 0.3) is 0 Å². The first-order valence-electron chi connectivity index (χ1n) is 3.42. The van der Waals surface area contributed by atoms with Gasteiger partial charge in [-0.05, 0) is 0 Å². The third kappa shape index (κ3) is 1.68. The van der Waals surface area contributed by atoms with E-state index >= 15 is 0 Å². The summed E-state index contributed by atoms with van der Waals surface area (Å²) in [5.74, 6) is -0.360. The number of pyridine rings is 1. The molecule has 0 aliphatic carbocycles. The maximum absolute atomic E-state index is 12.2. The Hall–Kier alpha value is -1.99. The van der Waals surface area contributed by atoms with Crippen LogP contribution in [0.2, 0.25) is 0 Å². The van der Waals surface area contributed by atoms with Crippen molar-refractivity contribution < 1.29 is 13.7 Å². The highest BCUT2D eigenvalue weighted by Gasteiger charge is 2.23. The fourth-order valence-electron chi connectivity index (χ4n) is 0.898. The molecule has 8 heteroatoms. The average molecular weight is 204 g/mol. The van der Waals surface area contributed by atoms with Gasteiger partial charge in [0.1, 0.15) is 17.2 Å². The number of nitrogen functional groups attached to an aromatic ring is 2. The second-order valence-corrected chi connectivity index (χ2v) is 2.42. The third-order valence-corrected chi connectivity index (χ3v) is 1.49. The zero-order valence-corrected chi connectivity index (χ0v) is 6.78. The summed E-state index contributed by atoms with van der Waals surface area (Å²) in [6, 6.07) is 0.835. The highest BCUT2D eigenvalue weighted by atomic mass is 19.3. The number of nitrogens with two attached hydrogens (primary N) is 2. The van der Waals surface area contributed by atoms with Crippen LogP contribution in [0, 0.1) is 10.1 Å². The number of alkyl halides is 2. The molecule has 0 atom stereocenters. The standard InChI is InChI=1S/C6H6F2N4O2/c7-6(8)5-4(10)2(12(13)14)1-3(9)11-5/h1,6H,10H2,(H2,9,11). The number of hydrogen-bond acceptors (Lipinski definition) is 5. The Kier molecular flexibility index (Phi) is 2.45. The first kappa shape index (κ1) is 10.1. The summed E-state index contributed by atoms with van der Waals surface area (Å²) in [5.41, 5.74) is 8.04. The number of nitro groups is 1. The van der Waals surface area contributed by atoms with Gasteiger partial charge < -0.3 is 11.5 Å². The molecule has 0 fully saturated rings. The topological polar surface area (TPSA) is 108 Å². The molecule has 0 aliphatic heterocycles. The molecule has 1 aromatic rings. The second kappa shape index (κ2) is 3.40. The quantitative estimate of drug-likeness (QED) is 0.553. The van der Waals surface area contributed by atoms with E-state index in [0.29, 0.717) is 0 Å². The van der Waals surface area contributed by atoms with E-state index < -0.39 is 28.4 Å². The monoisotopic (exact) mass is 204 g/mol. The second-order valence-electron chi connectivity index (χ2n) is 2.42. The van der Waals surface area contributed by atoms with Crippen LogP contribution >= 0.6 is 0 Å². The molecule has 6 nitrogen and oxygen atoms in total. The van der Waals surface area contributed by atoms with Gasteiger partial charge in [0.15, 0.2) is 0 Å². The van der Waals surface area contributed by atoms with Crippen molar-refractivity contribution in [3.05, 3.63) is 21.9 Å². The summed E-state index contributed by atoms with van der Waals surface area (Å²) in [6.45, 7) is 0. The van der Waals surface area contributed by atoms with Crippen LogP contribution in [0.1, 0.15) is 12.1 Å². The zero-order valence-electron chi connectivity index (χ0n) is 6.78. The van der Waals surface area contributed by atoms with Gasteiger partial charge in [-0.1, -0.05) is 0 Å². The largest absolute Gasteiger partial charge is 0.391 e. The number of anilines is 2. The predicted molar refractivity (Wildman–Crippen MR) is 44.7 cm³/mol. The summed E-state index contributed by atoms with van der Waals surface area (Å²) < 4.78 is 24.5. The van der Waals surface area contributed by atoms with Gasteiger partial charge in [0.05, 0.1) is 11.0 Å². The van der Waals surface area contributed by atoms with Gasteiger partial charge in [-0.25, -0.2) is 13.8 Å². The highest BCUT2D eigenvalue weighted by molar-refractivity contribution is 5.65. The minimum absolute atomic E-state index is 0.360. The third-order valence-electron chi connectivity index (χ3n) is 1.49. The Balaban J connectivity index is 3.40. The van der Waals surface area contributed by atoms with Crippen LogP contribution in [-0.4, -0.2) is 9.91 Å². The summed E-state index contributed by atoms with van der Waals surface area (Å²) in [5, 5.41) is 10.3. The minimum atomic E-state index is -2.99. The van der Waals surface area contributed by atoms with Crippen molar-refractivity contribution in [2.45, 2.75) is 6.43 Å². The molecule has 0 aliphatic rings.